The van der Waals surface area contributed by atoms with Gasteiger partial charge in [-0.25, -0.2) is 0 Å². The second kappa shape index (κ2) is 36.9. The zero-order valence-electron chi connectivity index (χ0n) is 67.5. The number of hydrogen-bond donors (Lipinski definition) is 6. The molecule has 602 valence electrons. The number of aliphatic carboxylic acids is 3. The molecule has 0 aromatic heterocycles. The minimum atomic E-state index is -1.13. The van der Waals surface area contributed by atoms with Gasteiger partial charge < -0.3 is 49.6 Å². The molecule has 13 rings (SSSR count). The zero-order chi connectivity index (χ0) is 81.1. The monoisotopic (exact) mass is 1520 g/mol. The molecular formula is C88H124O21. The quantitative estimate of drug-likeness (QED) is 0.0143. The van der Waals surface area contributed by atoms with Crippen molar-refractivity contribution in [3.63, 3.8) is 0 Å². The van der Waals surface area contributed by atoms with Crippen LogP contribution in [-0.2, 0) is 73.7 Å². The van der Waals surface area contributed by atoms with E-state index in [0.717, 1.165) is 100 Å². The first-order chi connectivity index (χ1) is 50.9. The van der Waals surface area contributed by atoms with Gasteiger partial charge in [0.1, 0.15) is 51.8 Å². The van der Waals surface area contributed by atoms with Crippen LogP contribution in [0.15, 0.2) is 36.4 Å². The lowest BCUT2D eigenvalue weighted by atomic mass is 9.44. The van der Waals surface area contributed by atoms with Gasteiger partial charge in [0.25, 0.3) is 0 Å². The molecular weight excluding hydrogens is 1390 g/mol. The van der Waals surface area contributed by atoms with Gasteiger partial charge in [0.05, 0.1) is 51.4 Å². The third-order valence-electron chi connectivity index (χ3n) is 25.8. The summed E-state index contributed by atoms with van der Waals surface area (Å²) in [5, 5.41) is 59.9. The number of unbranched alkanes of at least 4 members (excludes halogenated alkanes) is 9. The fourth-order valence-electron chi connectivity index (χ4n) is 18.4. The second-order valence-corrected chi connectivity index (χ2v) is 35.7. The molecule has 9 saturated carbocycles. The number of carboxylic acids is 3. The molecule has 6 bridgehead atoms. The van der Waals surface area contributed by atoms with Gasteiger partial charge >= 0.3 is 47.8 Å². The number of ether oxygens (including phenoxy) is 4. The number of carboxylic acid groups (broad SMARTS) is 3. The van der Waals surface area contributed by atoms with Gasteiger partial charge in [-0.2, -0.15) is 0 Å². The lowest BCUT2D eigenvalue weighted by molar-refractivity contribution is -0.153. The number of Topliss-reactive ketones (excluding diaryl/α,β-unsaturated/α-hetero) is 3. The van der Waals surface area contributed by atoms with Gasteiger partial charge in [-0.15, -0.1) is 0 Å². The van der Waals surface area contributed by atoms with Crippen molar-refractivity contribution >= 4 is 65.1 Å². The molecule has 6 N–H and O–H groups in total. The summed E-state index contributed by atoms with van der Waals surface area (Å²) in [6, 6.07) is 10.8. The molecule has 9 atom stereocenters. The fourth-order valence-corrected chi connectivity index (χ4v) is 18.4. The van der Waals surface area contributed by atoms with Crippen LogP contribution in [0.2, 0.25) is 0 Å². The van der Waals surface area contributed by atoms with E-state index in [2.05, 4.69) is 94.7 Å². The number of rotatable bonds is 33. The van der Waals surface area contributed by atoms with E-state index in [1.54, 1.807) is 18.2 Å². The van der Waals surface area contributed by atoms with Gasteiger partial charge in [0.15, 0.2) is 0 Å². The van der Waals surface area contributed by atoms with E-state index in [4.69, 9.17) is 29.5 Å². The highest BCUT2D eigenvalue weighted by atomic mass is 16.6. The number of fused-ring (bicyclic) bond motifs is 6. The maximum Gasteiger partial charge on any atom is 0.314 e. The largest absolute Gasteiger partial charge is 0.508 e. The Hall–Kier alpha value is -7.97. The Kier molecular flexibility index (Phi) is 29.9. The number of carbonyl (C=O) groups excluding carboxylic acids is 8. The van der Waals surface area contributed by atoms with E-state index in [0.29, 0.717) is 41.9 Å². The summed E-state index contributed by atoms with van der Waals surface area (Å²) < 4.78 is 21.4. The van der Waals surface area contributed by atoms with Crippen LogP contribution in [0, 0.1) is 51.8 Å². The molecule has 0 unspecified atom stereocenters. The summed E-state index contributed by atoms with van der Waals surface area (Å²) in [7, 11) is 0. The number of benzene rings is 3. The van der Waals surface area contributed by atoms with Crippen molar-refractivity contribution in [3.05, 3.63) is 69.8 Å². The standard InChI is InChI=1S/C32H44O9.C28H40O6.C24H36O3.C4H4O3/c1-6-7-8-9-14-31(2,3)19-15-24(40-28(38)12-10-26(34)35)30(25(16-19)41-29(39)13-11-27(36)37)20-17-23(33)22-18-21(20)32(22,4)5;1-6-7-8-9-12-27(2,3)17-13-22(30)26(23(14-17)34-25(33)11-10-24(31)32)18-15-21(29)20-16-19(18)28(20,4)5;1-6-7-8-9-10-23(2,3)15-11-20(26)22(21(27)12-15)16-13-19(25)18-14-17(16)24(18,4)5;5-3-1-2-4(6)7-3/h15-16,20-22H,6-14,17-18H2,1-5H3,(H,34,35)(H,36,37);13-14,18-20,30H,6-12,15-16H2,1-5H3,(H,31,32);11-12,16-18,26-27H,6-10,13-14H2,1-5H3;1-2H2/t20-,21-,22+;18-,19-,20+;16-,17-,18+;/m000./s1. The summed E-state index contributed by atoms with van der Waals surface area (Å²) in [5.41, 5.74) is 2.96. The van der Waals surface area contributed by atoms with E-state index in [1.807, 2.05) is 32.0 Å². The van der Waals surface area contributed by atoms with Crippen LogP contribution >= 0.6 is 0 Å². The van der Waals surface area contributed by atoms with Crippen molar-refractivity contribution in [3.8, 4) is 34.5 Å². The minimum absolute atomic E-state index is 0.0316. The van der Waals surface area contributed by atoms with Crippen LogP contribution in [0.3, 0.4) is 0 Å². The van der Waals surface area contributed by atoms with Crippen LogP contribution in [0.4, 0.5) is 0 Å². The molecule has 9 aliphatic carbocycles. The Labute approximate surface area is 644 Å². The fraction of sp³-hybridized carbons (Fsp3) is 0.670. The third-order valence-corrected chi connectivity index (χ3v) is 25.8. The number of phenolic OH excluding ortho intramolecular Hbond substituents is 3. The van der Waals surface area contributed by atoms with Gasteiger partial charge in [0, 0.05) is 71.5 Å². The van der Waals surface area contributed by atoms with E-state index in [1.165, 1.54) is 25.7 Å². The smallest absolute Gasteiger partial charge is 0.314 e. The van der Waals surface area contributed by atoms with Crippen LogP contribution in [0.25, 0.3) is 0 Å². The first kappa shape index (κ1) is 88.2. The predicted molar refractivity (Wildman–Crippen MR) is 411 cm³/mol. The minimum Gasteiger partial charge on any atom is -0.508 e. The number of esters is 5. The Morgan fingerprint density at radius 2 is 0.661 bits per heavy atom. The molecule has 0 radical (unpaired) electrons. The number of phenols is 3. The molecule has 0 amide bonds. The number of cyclic esters (lactones) is 2. The maximum atomic E-state index is 13.1. The van der Waals surface area contributed by atoms with Crippen LogP contribution in [0.5, 0.6) is 34.5 Å². The molecule has 10 aliphatic rings. The summed E-state index contributed by atoms with van der Waals surface area (Å²) in [4.78, 5) is 130. The topological polar surface area (TPSA) is 346 Å². The van der Waals surface area contributed by atoms with Crippen LogP contribution < -0.4 is 14.2 Å². The average Bonchev–Trinajstić information content (AvgIpc) is 0.894. The normalized spacial score (nSPS) is 23.1. The summed E-state index contributed by atoms with van der Waals surface area (Å²) >= 11 is 0. The predicted octanol–water partition coefficient (Wildman–Crippen LogP) is 18.2. The van der Waals surface area contributed by atoms with Crippen molar-refractivity contribution in [1.29, 1.82) is 0 Å². The first-order valence-electron chi connectivity index (χ1n) is 40.1. The Bertz CT molecular complexity index is 3750. The molecule has 109 heavy (non-hydrogen) atoms. The van der Waals surface area contributed by atoms with Crippen molar-refractivity contribution < 1.29 is 102 Å². The zero-order valence-corrected chi connectivity index (χ0v) is 67.5. The Morgan fingerprint density at radius 1 is 0.394 bits per heavy atom. The highest BCUT2D eigenvalue weighted by Crippen LogP contribution is 2.67. The van der Waals surface area contributed by atoms with E-state index in [9.17, 15) is 68.1 Å². The van der Waals surface area contributed by atoms with E-state index in [-0.39, 0.29) is 177 Å². The number of ketones is 3. The number of hydrogen-bond acceptors (Lipinski definition) is 18. The summed E-state index contributed by atoms with van der Waals surface area (Å²) in [5.74, 6) is -4.55. The lowest BCUT2D eigenvalue weighted by Gasteiger charge is -2.59. The summed E-state index contributed by atoms with van der Waals surface area (Å²) in [6.45, 7) is 31.8. The van der Waals surface area contributed by atoms with E-state index >= 15 is 0 Å². The molecule has 1 aliphatic heterocycles. The molecule has 21 nitrogen and oxygen atoms in total. The number of aromatic hydroxyl groups is 3. The molecule has 1 saturated heterocycles. The highest BCUT2D eigenvalue weighted by Gasteiger charge is 2.62. The second-order valence-electron chi connectivity index (χ2n) is 35.7. The molecule has 0 spiro atoms. The third kappa shape index (κ3) is 21.6. The van der Waals surface area contributed by atoms with Gasteiger partial charge in [0.2, 0.25) is 0 Å². The Morgan fingerprint density at radius 3 is 0.927 bits per heavy atom. The van der Waals surface area contributed by atoms with Gasteiger partial charge in [-0.05, 0) is 142 Å². The molecule has 21 heteroatoms. The van der Waals surface area contributed by atoms with Crippen LogP contribution in [0.1, 0.15) is 341 Å². The van der Waals surface area contributed by atoms with Crippen LogP contribution in [-0.4, -0.2) is 95.7 Å². The molecule has 3 aromatic carbocycles. The summed E-state index contributed by atoms with van der Waals surface area (Å²) in [6.07, 6.45) is 18.2. The average molecular weight is 1520 g/mol. The van der Waals surface area contributed by atoms with Gasteiger partial charge in [-0.1, -0.05) is 181 Å². The van der Waals surface area contributed by atoms with Gasteiger partial charge in [-0.3, -0.25) is 52.7 Å². The molecule has 10 fully saturated rings. The highest BCUT2D eigenvalue weighted by molar-refractivity contribution is 5.93. The SMILES string of the molecule is CCCCCCC(C)(C)c1cc(O)c([C@H]2CC(=O)[C@H]3C[C@@H]2C3(C)C)c(O)c1.CCCCCCC(C)(C)c1cc(O)c([C@H]2CC(=O)[C@H]3C[C@@H]2C3(C)C)c(OC(=O)CCC(=O)O)c1.CCCCCCC(C)(C)c1cc(OC(=O)CCC(=O)O)c([C@H]2CC(=O)[C@H]3C[C@@H]2C3(C)C)c(OC(=O)CCC(=O)O)c1.O=C1CCC(=O)O1. The first-order valence-corrected chi connectivity index (χ1v) is 40.1. The maximum absolute atomic E-state index is 13.1. The van der Waals surface area contributed by atoms with E-state index < -0.39 is 60.6 Å². The number of carbonyl (C=O) groups is 11. The van der Waals surface area contributed by atoms with Crippen molar-refractivity contribution in [1.82, 2.24) is 0 Å². The molecule has 3 aromatic rings. The van der Waals surface area contributed by atoms with Crippen molar-refractivity contribution in [2.24, 2.45) is 51.8 Å². The lowest BCUT2D eigenvalue weighted by Crippen LogP contribution is -2.56. The molecule has 1 heterocycles. The van der Waals surface area contributed by atoms with Crippen molar-refractivity contribution in [2.75, 3.05) is 0 Å². The van der Waals surface area contributed by atoms with Crippen molar-refractivity contribution in [2.45, 2.75) is 324 Å². The Balaban J connectivity index is 0.000000221.